The lowest BCUT2D eigenvalue weighted by molar-refractivity contribution is 0.441. The zero-order valence-electron chi connectivity index (χ0n) is 8.92. The van der Waals surface area contributed by atoms with Crippen molar-refractivity contribution in [3.8, 4) is 5.75 Å². The second-order valence-corrected chi connectivity index (χ2v) is 6.73. The predicted octanol–water partition coefficient (Wildman–Crippen LogP) is 3.79. The minimum absolute atomic E-state index is 0.130. The van der Waals surface area contributed by atoms with Crippen LogP contribution in [-0.2, 0) is 0 Å². The normalized spacial score (nSPS) is 18.9. The lowest BCUT2D eigenvalue weighted by atomic mass is 9.92. The van der Waals surface area contributed by atoms with Crippen LogP contribution in [0.5, 0.6) is 5.75 Å². The Bertz CT molecular complexity index is 366. The van der Waals surface area contributed by atoms with E-state index in [0.717, 1.165) is 7.14 Å². The van der Waals surface area contributed by atoms with Crippen LogP contribution in [0.25, 0.3) is 0 Å². The number of phenols is 1. The van der Waals surface area contributed by atoms with Crippen molar-refractivity contribution in [2.24, 2.45) is 11.7 Å². The number of rotatable bonds is 2. The summed E-state index contributed by atoms with van der Waals surface area (Å²) in [5.74, 6) is 1.000. The fraction of sp³-hybridized carbons (Fsp3) is 0.500. The lowest BCUT2D eigenvalue weighted by Gasteiger charge is -2.20. The van der Waals surface area contributed by atoms with Crippen LogP contribution in [0.15, 0.2) is 12.1 Å². The molecule has 1 aliphatic carbocycles. The number of hydrogen-bond acceptors (Lipinski definition) is 2. The van der Waals surface area contributed by atoms with Gasteiger partial charge in [0.15, 0.2) is 0 Å². The van der Waals surface area contributed by atoms with E-state index in [2.05, 4.69) is 45.2 Å². The van der Waals surface area contributed by atoms with Crippen LogP contribution in [0, 0.1) is 13.1 Å². The summed E-state index contributed by atoms with van der Waals surface area (Å²) >= 11 is 4.32. The number of phenolic OH excluding ortho intramolecular Hbond substituents is 1. The summed E-state index contributed by atoms with van der Waals surface area (Å²) in [6.07, 6.45) is 5.11. The van der Waals surface area contributed by atoms with E-state index in [0.29, 0.717) is 11.7 Å². The molecule has 88 valence electrons. The van der Waals surface area contributed by atoms with Crippen molar-refractivity contribution in [2.75, 3.05) is 0 Å². The lowest BCUT2D eigenvalue weighted by Crippen LogP contribution is -2.19. The van der Waals surface area contributed by atoms with Gasteiger partial charge in [-0.1, -0.05) is 12.8 Å². The fourth-order valence-corrected chi connectivity index (χ4v) is 4.18. The summed E-state index contributed by atoms with van der Waals surface area (Å²) < 4.78 is 1.79. The van der Waals surface area contributed by atoms with Gasteiger partial charge in [-0.15, -0.1) is 0 Å². The maximum atomic E-state index is 9.72. The van der Waals surface area contributed by atoms with Crippen LogP contribution < -0.4 is 5.73 Å². The molecule has 3 N–H and O–H groups in total. The molecule has 0 heterocycles. The largest absolute Gasteiger partial charge is 0.506 e. The molecule has 1 atom stereocenters. The Morgan fingerprint density at radius 1 is 1.19 bits per heavy atom. The number of aromatic hydroxyl groups is 1. The standard InChI is InChI=1S/C12H15I2NO/c13-9-5-8(6-10(14)12(9)16)11(15)7-3-1-2-4-7/h5-7,11,16H,1-4,15H2/t11-/m1/s1. The van der Waals surface area contributed by atoms with Crippen molar-refractivity contribution >= 4 is 45.2 Å². The number of benzene rings is 1. The number of hydrogen-bond donors (Lipinski definition) is 2. The topological polar surface area (TPSA) is 46.2 Å². The van der Waals surface area contributed by atoms with Crippen LogP contribution in [0.3, 0.4) is 0 Å². The van der Waals surface area contributed by atoms with Gasteiger partial charge >= 0.3 is 0 Å². The van der Waals surface area contributed by atoms with Gasteiger partial charge in [0.25, 0.3) is 0 Å². The molecule has 0 aromatic heterocycles. The zero-order valence-corrected chi connectivity index (χ0v) is 13.2. The van der Waals surface area contributed by atoms with E-state index in [1.54, 1.807) is 0 Å². The second kappa shape index (κ2) is 5.39. The number of halogens is 2. The minimum Gasteiger partial charge on any atom is -0.506 e. The Morgan fingerprint density at radius 2 is 1.69 bits per heavy atom. The average molecular weight is 443 g/mol. The van der Waals surface area contributed by atoms with Crippen LogP contribution in [0.1, 0.15) is 37.3 Å². The van der Waals surface area contributed by atoms with Crippen molar-refractivity contribution in [3.05, 3.63) is 24.8 Å². The average Bonchev–Trinajstić information content (AvgIpc) is 2.77. The highest BCUT2D eigenvalue weighted by atomic mass is 127. The molecule has 0 spiro atoms. The molecule has 1 saturated carbocycles. The molecule has 2 rings (SSSR count). The van der Waals surface area contributed by atoms with E-state index in [-0.39, 0.29) is 6.04 Å². The summed E-state index contributed by atoms with van der Waals surface area (Å²) in [4.78, 5) is 0. The molecule has 0 bridgehead atoms. The third kappa shape index (κ3) is 2.64. The molecule has 0 unspecified atom stereocenters. The molecule has 0 radical (unpaired) electrons. The van der Waals surface area contributed by atoms with Crippen molar-refractivity contribution in [1.29, 1.82) is 0 Å². The minimum atomic E-state index is 0.130. The SMILES string of the molecule is N[C@@H](c1cc(I)c(O)c(I)c1)C1CCCC1. The Kier molecular flexibility index (Phi) is 4.34. The third-order valence-corrected chi connectivity index (χ3v) is 4.98. The highest BCUT2D eigenvalue weighted by molar-refractivity contribution is 14.1. The van der Waals surface area contributed by atoms with Crippen molar-refractivity contribution in [3.63, 3.8) is 0 Å². The van der Waals surface area contributed by atoms with Gasteiger partial charge in [0.1, 0.15) is 5.75 Å². The van der Waals surface area contributed by atoms with Gasteiger partial charge in [-0.05, 0) is 81.6 Å². The van der Waals surface area contributed by atoms with Gasteiger partial charge in [-0.25, -0.2) is 0 Å². The Morgan fingerprint density at radius 3 is 2.19 bits per heavy atom. The van der Waals surface area contributed by atoms with E-state index in [1.165, 1.54) is 31.2 Å². The van der Waals surface area contributed by atoms with Gasteiger partial charge in [-0.2, -0.15) is 0 Å². The molecule has 1 fully saturated rings. The molecule has 4 heteroatoms. The van der Waals surface area contributed by atoms with E-state index < -0.39 is 0 Å². The molecule has 0 amide bonds. The summed E-state index contributed by atoms with van der Waals surface area (Å²) in [6, 6.07) is 4.16. The van der Waals surface area contributed by atoms with E-state index in [9.17, 15) is 5.11 Å². The molecule has 0 saturated heterocycles. The van der Waals surface area contributed by atoms with Gasteiger partial charge in [0.2, 0.25) is 0 Å². The Labute approximate surface area is 123 Å². The van der Waals surface area contributed by atoms with Crippen LogP contribution in [-0.4, -0.2) is 5.11 Å². The van der Waals surface area contributed by atoms with Crippen LogP contribution in [0.2, 0.25) is 0 Å². The fourth-order valence-electron chi connectivity index (χ4n) is 2.37. The predicted molar refractivity (Wildman–Crippen MR) is 82.4 cm³/mol. The van der Waals surface area contributed by atoms with Crippen molar-refractivity contribution in [1.82, 2.24) is 0 Å². The first kappa shape index (κ1) is 12.9. The van der Waals surface area contributed by atoms with Gasteiger partial charge in [0, 0.05) is 6.04 Å². The van der Waals surface area contributed by atoms with Crippen LogP contribution in [0.4, 0.5) is 0 Å². The Balaban J connectivity index is 2.26. The van der Waals surface area contributed by atoms with Gasteiger partial charge < -0.3 is 10.8 Å². The van der Waals surface area contributed by atoms with Crippen LogP contribution >= 0.6 is 45.2 Å². The van der Waals surface area contributed by atoms with Crippen molar-refractivity contribution in [2.45, 2.75) is 31.7 Å². The zero-order chi connectivity index (χ0) is 11.7. The smallest absolute Gasteiger partial charge is 0.142 e. The highest BCUT2D eigenvalue weighted by Crippen LogP contribution is 2.37. The first-order chi connectivity index (χ1) is 7.59. The quantitative estimate of drug-likeness (QED) is 0.684. The summed E-state index contributed by atoms with van der Waals surface area (Å²) in [5, 5.41) is 9.72. The summed E-state index contributed by atoms with van der Waals surface area (Å²) in [5.41, 5.74) is 7.47. The molecule has 1 aliphatic rings. The Hall–Kier alpha value is 0.440. The van der Waals surface area contributed by atoms with E-state index in [4.69, 9.17) is 5.73 Å². The molecule has 16 heavy (non-hydrogen) atoms. The second-order valence-electron chi connectivity index (χ2n) is 4.40. The number of nitrogens with two attached hydrogens (primary N) is 1. The third-order valence-electron chi connectivity index (χ3n) is 3.33. The molecule has 1 aromatic rings. The first-order valence-electron chi connectivity index (χ1n) is 5.53. The van der Waals surface area contributed by atoms with Gasteiger partial charge in [-0.3, -0.25) is 0 Å². The maximum Gasteiger partial charge on any atom is 0.142 e. The maximum absolute atomic E-state index is 9.72. The van der Waals surface area contributed by atoms with Crippen molar-refractivity contribution < 1.29 is 5.11 Å². The highest BCUT2D eigenvalue weighted by Gasteiger charge is 2.24. The first-order valence-corrected chi connectivity index (χ1v) is 7.69. The summed E-state index contributed by atoms with van der Waals surface area (Å²) in [7, 11) is 0. The monoisotopic (exact) mass is 443 g/mol. The molecule has 1 aromatic carbocycles. The molecular weight excluding hydrogens is 428 g/mol. The summed E-state index contributed by atoms with van der Waals surface area (Å²) in [6.45, 7) is 0. The van der Waals surface area contributed by atoms with E-state index >= 15 is 0 Å². The van der Waals surface area contributed by atoms with Gasteiger partial charge in [0.05, 0.1) is 7.14 Å². The molecule has 0 aliphatic heterocycles. The molecule has 2 nitrogen and oxygen atoms in total. The molecular formula is C12H15I2NO. The van der Waals surface area contributed by atoms with E-state index in [1.807, 2.05) is 12.1 Å².